The van der Waals surface area contributed by atoms with E-state index >= 15 is 0 Å². The number of thiazole rings is 1. The molecule has 0 aliphatic rings. The van der Waals surface area contributed by atoms with Crippen molar-refractivity contribution < 1.29 is 13.2 Å². The molecule has 0 saturated heterocycles. The van der Waals surface area contributed by atoms with Crippen LogP contribution >= 0.6 is 11.3 Å². The van der Waals surface area contributed by atoms with Crippen LogP contribution in [-0.4, -0.2) is 33.7 Å². The molecule has 15 heavy (non-hydrogen) atoms. The Morgan fingerprint density at radius 2 is 2.13 bits per heavy atom. The summed E-state index contributed by atoms with van der Waals surface area (Å²) in [6, 6.07) is 0. The fourth-order valence-electron chi connectivity index (χ4n) is 1.11. The van der Waals surface area contributed by atoms with Crippen LogP contribution in [0.1, 0.15) is 10.7 Å². The van der Waals surface area contributed by atoms with E-state index in [0.717, 1.165) is 5.01 Å². The standard InChI is InChI=1S/C8H14N2O3S2/c1-6-8(14-7(2)10-6)15(11,12)9-4-5-13-3/h9H,4-5H2,1-3H3. The van der Waals surface area contributed by atoms with Crippen LogP contribution in [0.2, 0.25) is 0 Å². The minimum Gasteiger partial charge on any atom is -0.383 e. The van der Waals surface area contributed by atoms with Gasteiger partial charge in [-0.05, 0) is 13.8 Å². The summed E-state index contributed by atoms with van der Waals surface area (Å²) in [6.07, 6.45) is 0. The highest BCUT2D eigenvalue weighted by atomic mass is 32.2. The van der Waals surface area contributed by atoms with Gasteiger partial charge in [0.2, 0.25) is 0 Å². The van der Waals surface area contributed by atoms with Crippen molar-refractivity contribution in [2.75, 3.05) is 20.3 Å². The molecule has 0 saturated carbocycles. The highest BCUT2D eigenvalue weighted by Crippen LogP contribution is 2.22. The lowest BCUT2D eigenvalue weighted by Crippen LogP contribution is -2.27. The number of aromatic nitrogens is 1. The molecule has 0 spiro atoms. The maximum absolute atomic E-state index is 11.7. The van der Waals surface area contributed by atoms with E-state index in [0.29, 0.717) is 12.3 Å². The zero-order chi connectivity index (χ0) is 11.5. The summed E-state index contributed by atoms with van der Waals surface area (Å²) in [4.78, 5) is 4.07. The number of nitrogens with one attached hydrogen (secondary N) is 1. The third kappa shape index (κ3) is 3.23. The van der Waals surface area contributed by atoms with Gasteiger partial charge in [0.1, 0.15) is 0 Å². The van der Waals surface area contributed by atoms with Crippen molar-refractivity contribution in [3.8, 4) is 0 Å². The molecular weight excluding hydrogens is 236 g/mol. The number of ether oxygens (including phenoxy) is 1. The molecule has 0 aromatic carbocycles. The zero-order valence-electron chi connectivity index (χ0n) is 8.90. The van der Waals surface area contributed by atoms with Crippen molar-refractivity contribution in [2.45, 2.75) is 18.1 Å². The van der Waals surface area contributed by atoms with Crippen LogP contribution in [0.3, 0.4) is 0 Å². The van der Waals surface area contributed by atoms with Crippen LogP contribution in [0.15, 0.2) is 4.21 Å². The normalized spacial score (nSPS) is 11.9. The molecule has 5 nitrogen and oxygen atoms in total. The Kier molecular flexibility index (Phi) is 4.21. The highest BCUT2D eigenvalue weighted by molar-refractivity contribution is 7.91. The minimum absolute atomic E-state index is 0.273. The molecule has 0 unspecified atom stereocenters. The number of hydrogen-bond acceptors (Lipinski definition) is 5. The fourth-order valence-corrected chi connectivity index (χ4v) is 3.64. The molecule has 86 valence electrons. The summed E-state index contributed by atoms with van der Waals surface area (Å²) >= 11 is 1.18. The van der Waals surface area contributed by atoms with Crippen LogP contribution in [0.25, 0.3) is 0 Å². The Labute approximate surface area is 93.5 Å². The maximum atomic E-state index is 11.7. The van der Waals surface area contributed by atoms with Gasteiger partial charge in [-0.1, -0.05) is 0 Å². The van der Waals surface area contributed by atoms with Crippen molar-refractivity contribution >= 4 is 21.4 Å². The summed E-state index contributed by atoms with van der Waals surface area (Å²) in [7, 11) is -1.89. The van der Waals surface area contributed by atoms with Gasteiger partial charge in [0, 0.05) is 13.7 Å². The van der Waals surface area contributed by atoms with Crippen molar-refractivity contribution in [3.63, 3.8) is 0 Å². The van der Waals surface area contributed by atoms with Crippen molar-refractivity contribution in [3.05, 3.63) is 10.7 Å². The molecule has 0 aliphatic carbocycles. The largest absolute Gasteiger partial charge is 0.383 e. The predicted octanol–water partition coefficient (Wildman–Crippen LogP) is 0.685. The van der Waals surface area contributed by atoms with Crippen LogP contribution in [0.5, 0.6) is 0 Å². The predicted molar refractivity (Wildman–Crippen MR) is 58.7 cm³/mol. The molecule has 1 heterocycles. The van der Waals surface area contributed by atoms with E-state index in [-0.39, 0.29) is 10.8 Å². The zero-order valence-corrected chi connectivity index (χ0v) is 10.5. The third-order valence-electron chi connectivity index (χ3n) is 1.70. The Bertz CT molecular complexity index is 425. The molecule has 1 aromatic heterocycles. The first kappa shape index (κ1) is 12.6. The summed E-state index contributed by atoms with van der Waals surface area (Å²) in [5.41, 5.74) is 0.544. The number of nitrogens with zero attached hydrogens (tertiary/aromatic N) is 1. The molecule has 1 N–H and O–H groups in total. The Hall–Kier alpha value is -0.500. The first-order valence-corrected chi connectivity index (χ1v) is 6.70. The van der Waals surface area contributed by atoms with Crippen LogP contribution in [0.4, 0.5) is 0 Å². The quantitative estimate of drug-likeness (QED) is 0.780. The van der Waals surface area contributed by atoms with Gasteiger partial charge in [0.05, 0.1) is 17.3 Å². The van der Waals surface area contributed by atoms with Gasteiger partial charge < -0.3 is 4.74 Å². The smallest absolute Gasteiger partial charge is 0.252 e. The van der Waals surface area contributed by atoms with E-state index in [1.54, 1.807) is 13.8 Å². The van der Waals surface area contributed by atoms with Gasteiger partial charge in [-0.25, -0.2) is 18.1 Å². The lowest BCUT2D eigenvalue weighted by molar-refractivity contribution is 0.204. The number of aryl methyl sites for hydroxylation is 2. The molecular formula is C8H14N2O3S2. The second kappa shape index (κ2) is 5.02. The van der Waals surface area contributed by atoms with E-state index < -0.39 is 10.0 Å². The molecule has 0 bridgehead atoms. The first-order chi connectivity index (χ1) is 6.97. The minimum atomic E-state index is -3.42. The molecule has 1 aromatic rings. The number of rotatable bonds is 5. The van der Waals surface area contributed by atoms with Crippen LogP contribution in [0, 0.1) is 13.8 Å². The monoisotopic (exact) mass is 250 g/mol. The summed E-state index contributed by atoms with van der Waals surface area (Å²) in [5, 5.41) is 0.750. The molecule has 0 radical (unpaired) electrons. The first-order valence-electron chi connectivity index (χ1n) is 4.40. The Balaban J connectivity index is 2.82. The SMILES string of the molecule is COCCNS(=O)(=O)c1sc(C)nc1C. The highest BCUT2D eigenvalue weighted by Gasteiger charge is 2.19. The lowest BCUT2D eigenvalue weighted by atomic mass is 10.6. The molecule has 0 aliphatic heterocycles. The van der Waals surface area contributed by atoms with Gasteiger partial charge in [0.15, 0.2) is 4.21 Å². The third-order valence-corrected chi connectivity index (χ3v) is 4.85. The summed E-state index contributed by atoms with van der Waals surface area (Å²) in [6.45, 7) is 4.10. The number of hydrogen-bond donors (Lipinski definition) is 1. The van der Waals surface area contributed by atoms with E-state index in [1.165, 1.54) is 18.4 Å². The Morgan fingerprint density at radius 3 is 2.60 bits per heavy atom. The number of sulfonamides is 1. The average molecular weight is 250 g/mol. The van der Waals surface area contributed by atoms with Gasteiger partial charge in [-0.3, -0.25) is 0 Å². The van der Waals surface area contributed by atoms with Gasteiger partial charge in [0.25, 0.3) is 10.0 Å². The number of methoxy groups -OCH3 is 1. The van der Waals surface area contributed by atoms with E-state index in [1.807, 2.05) is 0 Å². The maximum Gasteiger partial charge on any atom is 0.252 e. The van der Waals surface area contributed by atoms with E-state index in [4.69, 9.17) is 4.74 Å². The van der Waals surface area contributed by atoms with Gasteiger partial charge in [-0.2, -0.15) is 0 Å². The van der Waals surface area contributed by atoms with Crippen LogP contribution in [-0.2, 0) is 14.8 Å². The van der Waals surface area contributed by atoms with E-state index in [2.05, 4.69) is 9.71 Å². The second-order valence-electron chi connectivity index (χ2n) is 3.00. The van der Waals surface area contributed by atoms with Crippen LogP contribution < -0.4 is 4.72 Å². The Morgan fingerprint density at radius 1 is 1.47 bits per heavy atom. The lowest BCUT2D eigenvalue weighted by Gasteiger charge is -2.03. The van der Waals surface area contributed by atoms with Gasteiger partial charge in [-0.15, -0.1) is 11.3 Å². The molecule has 1 rings (SSSR count). The van der Waals surface area contributed by atoms with Crippen molar-refractivity contribution in [2.24, 2.45) is 0 Å². The molecule has 7 heteroatoms. The topological polar surface area (TPSA) is 68.3 Å². The summed E-state index contributed by atoms with van der Waals surface area (Å²) < 4.78 is 31.0. The second-order valence-corrected chi connectivity index (χ2v) is 6.16. The van der Waals surface area contributed by atoms with Crippen molar-refractivity contribution in [1.29, 1.82) is 0 Å². The van der Waals surface area contributed by atoms with Gasteiger partial charge >= 0.3 is 0 Å². The van der Waals surface area contributed by atoms with Crippen molar-refractivity contribution in [1.82, 2.24) is 9.71 Å². The molecule has 0 amide bonds. The van der Waals surface area contributed by atoms with E-state index in [9.17, 15) is 8.42 Å². The molecule has 0 atom stereocenters. The average Bonchev–Trinajstić information content (AvgIpc) is 2.46. The summed E-state index contributed by atoms with van der Waals surface area (Å²) in [5.74, 6) is 0. The molecule has 0 fully saturated rings. The fraction of sp³-hybridized carbons (Fsp3) is 0.625.